The van der Waals surface area contributed by atoms with Crippen LogP contribution in [0.1, 0.15) is 13.8 Å². The molecule has 0 aliphatic rings. The molecule has 0 aliphatic carbocycles. The fourth-order valence-electron chi connectivity index (χ4n) is 1.86. The number of methoxy groups -OCH3 is 2. The maximum atomic E-state index is 12.6. The van der Waals surface area contributed by atoms with Crippen LogP contribution in [0.4, 0.5) is 0 Å². The molecule has 0 atom stereocenters. The van der Waals surface area contributed by atoms with Crippen LogP contribution in [-0.2, 0) is 29.1 Å². The van der Waals surface area contributed by atoms with E-state index in [1.807, 2.05) is 4.72 Å². The van der Waals surface area contributed by atoms with Gasteiger partial charge >= 0.3 is 11.9 Å². The fraction of sp³-hybridized carbons (Fsp3) is 0.467. The zero-order valence-corrected chi connectivity index (χ0v) is 15.2. The normalized spacial score (nSPS) is 11.1. The molecule has 0 spiro atoms. The van der Waals surface area contributed by atoms with Crippen LogP contribution in [-0.4, -0.2) is 53.8 Å². The van der Waals surface area contributed by atoms with Crippen molar-refractivity contribution in [3.05, 3.63) is 18.2 Å². The van der Waals surface area contributed by atoms with Gasteiger partial charge in [-0.25, -0.2) is 18.0 Å². The summed E-state index contributed by atoms with van der Waals surface area (Å²) in [5, 5.41) is 0. The van der Waals surface area contributed by atoms with E-state index in [0.29, 0.717) is 0 Å². The van der Waals surface area contributed by atoms with Crippen LogP contribution in [0, 0.1) is 0 Å². The lowest BCUT2D eigenvalue weighted by Crippen LogP contribution is -2.48. The Hall–Kier alpha value is -2.33. The summed E-state index contributed by atoms with van der Waals surface area (Å²) in [5.74, 6) is -1.86. The molecular formula is C15H21NO8S. The van der Waals surface area contributed by atoms with Crippen LogP contribution in [0.5, 0.6) is 11.5 Å². The van der Waals surface area contributed by atoms with Gasteiger partial charge in [-0.1, -0.05) is 0 Å². The Balaban J connectivity index is 3.26. The lowest BCUT2D eigenvalue weighted by atomic mass is 10.3. The molecule has 9 nitrogen and oxygen atoms in total. The predicted molar refractivity (Wildman–Crippen MR) is 86.9 cm³/mol. The van der Waals surface area contributed by atoms with Crippen molar-refractivity contribution in [2.24, 2.45) is 0 Å². The van der Waals surface area contributed by atoms with Crippen molar-refractivity contribution in [1.82, 2.24) is 4.72 Å². The van der Waals surface area contributed by atoms with Crippen molar-refractivity contribution in [3.8, 4) is 11.5 Å². The summed E-state index contributed by atoms with van der Waals surface area (Å²) in [7, 11) is -1.66. The first-order valence-electron chi connectivity index (χ1n) is 7.38. The topological polar surface area (TPSA) is 117 Å². The van der Waals surface area contributed by atoms with E-state index in [1.54, 1.807) is 0 Å². The van der Waals surface area contributed by atoms with Crippen molar-refractivity contribution in [2.45, 2.75) is 24.8 Å². The van der Waals surface area contributed by atoms with E-state index in [2.05, 4.69) is 0 Å². The lowest BCUT2D eigenvalue weighted by molar-refractivity contribution is -0.157. The van der Waals surface area contributed by atoms with Gasteiger partial charge in [0.1, 0.15) is 16.4 Å². The molecule has 25 heavy (non-hydrogen) atoms. The zero-order valence-electron chi connectivity index (χ0n) is 14.4. The highest BCUT2D eigenvalue weighted by molar-refractivity contribution is 7.89. The van der Waals surface area contributed by atoms with E-state index < -0.39 is 28.0 Å². The Labute approximate surface area is 146 Å². The molecule has 0 saturated carbocycles. The number of nitrogens with one attached hydrogen (secondary N) is 1. The smallest absolute Gasteiger partial charge is 0.335 e. The summed E-state index contributed by atoms with van der Waals surface area (Å²) in [5.41, 5.74) is 0. The Morgan fingerprint density at radius 1 is 1.04 bits per heavy atom. The standard InChI is InChI=1S/C15H21NO8S/c1-5-23-14(17)13(15(18)24-6-2)16-25(19,20)12-9-10(21-3)7-8-11(12)22-4/h7-9,13,16H,5-6H2,1-4H3. The van der Waals surface area contributed by atoms with E-state index in [1.165, 1.54) is 46.3 Å². The van der Waals surface area contributed by atoms with Crippen molar-refractivity contribution in [1.29, 1.82) is 0 Å². The number of ether oxygens (including phenoxy) is 4. The summed E-state index contributed by atoms with van der Waals surface area (Å²) in [6.45, 7) is 3.00. The van der Waals surface area contributed by atoms with Gasteiger partial charge in [0, 0.05) is 6.07 Å². The molecule has 1 aromatic rings. The van der Waals surface area contributed by atoms with Gasteiger partial charge in [-0.2, -0.15) is 4.72 Å². The van der Waals surface area contributed by atoms with Gasteiger partial charge in [0.2, 0.25) is 16.1 Å². The maximum absolute atomic E-state index is 12.6. The lowest BCUT2D eigenvalue weighted by Gasteiger charge is -2.17. The molecule has 0 bridgehead atoms. The third-order valence-electron chi connectivity index (χ3n) is 2.98. The molecule has 0 radical (unpaired) electrons. The van der Waals surface area contributed by atoms with Gasteiger partial charge in [-0.05, 0) is 26.0 Å². The third kappa shape index (κ3) is 5.33. The molecule has 0 amide bonds. The fourth-order valence-corrected chi connectivity index (χ4v) is 3.17. The van der Waals surface area contributed by atoms with E-state index in [0.717, 1.165) is 0 Å². The third-order valence-corrected chi connectivity index (χ3v) is 4.42. The second-order valence-corrected chi connectivity index (χ2v) is 6.26. The molecule has 0 saturated heterocycles. The first kappa shape index (κ1) is 20.7. The van der Waals surface area contributed by atoms with Gasteiger partial charge in [0.25, 0.3) is 0 Å². The van der Waals surface area contributed by atoms with Gasteiger partial charge in [-0.3, -0.25) is 0 Å². The molecule has 140 valence electrons. The van der Waals surface area contributed by atoms with Gasteiger partial charge in [-0.15, -0.1) is 0 Å². The summed E-state index contributed by atoms with van der Waals surface area (Å²) in [6, 6.07) is 2.26. The van der Waals surface area contributed by atoms with Crippen LogP contribution in [0.3, 0.4) is 0 Å². The minimum absolute atomic E-state index is 0.0137. The molecule has 1 aromatic carbocycles. The molecule has 0 fully saturated rings. The summed E-state index contributed by atoms with van der Waals surface area (Å²) < 4.78 is 46.8. The minimum atomic E-state index is -4.32. The number of esters is 2. The number of hydrogen-bond donors (Lipinski definition) is 1. The highest BCUT2D eigenvalue weighted by atomic mass is 32.2. The molecule has 0 heterocycles. The number of carbonyl (C=O) groups excluding carboxylic acids is 2. The molecule has 10 heteroatoms. The highest BCUT2D eigenvalue weighted by Gasteiger charge is 2.35. The zero-order chi connectivity index (χ0) is 19.0. The van der Waals surface area contributed by atoms with E-state index in [4.69, 9.17) is 18.9 Å². The maximum Gasteiger partial charge on any atom is 0.335 e. The van der Waals surface area contributed by atoms with Crippen molar-refractivity contribution >= 4 is 22.0 Å². The van der Waals surface area contributed by atoms with Gasteiger partial charge in [0.05, 0.1) is 27.4 Å². The first-order valence-corrected chi connectivity index (χ1v) is 8.86. The van der Waals surface area contributed by atoms with Crippen LogP contribution in [0.15, 0.2) is 23.1 Å². The van der Waals surface area contributed by atoms with Crippen LogP contribution >= 0.6 is 0 Å². The predicted octanol–water partition coefficient (Wildman–Crippen LogP) is 0.477. The van der Waals surface area contributed by atoms with E-state index >= 15 is 0 Å². The molecule has 1 N–H and O–H groups in total. The van der Waals surface area contributed by atoms with E-state index in [-0.39, 0.29) is 29.6 Å². The average molecular weight is 375 g/mol. The monoisotopic (exact) mass is 375 g/mol. The van der Waals surface area contributed by atoms with Gasteiger partial charge < -0.3 is 18.9 Å². The molecule has 1 rings (SSSR count). The number of hydrogen-bond acceptors (Lipinski definition) is 8. The molecule has 0 aliphatic heterocycles. The summed E-state index contributed by atoms with van der Waals surface area (Å²) >= 11 is 0. The Bertz CT molecular complexity index is 698. The van der Waals surface area contributed by atoms with Crippen molar-refractivity contribution < 1.29 is 37.0 Å². The summed E-state index contributed by atoms with van der Waals surface area (Å²) in [6.07, 6.45) is 0. The van der Waals surface area contributed by atoms with Crippen LogP contribution in [0.25, 0.3) is 0 Å². The largest absolute Gasteiger partial charge is 0.497 e. The quantitative estimate of drug-likeness (QED) is 0.489. The number of sulfonamides is 1. The molecular weight excluding hydrogens is 354 g/mol. The Kier molecular flexibility index (Phi) is 7.65. The Morgan fingerprint density at radius 3 is 2.04 bits per heavy atom. The second kappa shape index (κ2) is 9.23. The van der Waals surface area contributed by atoms with E-state index in [9.17, 15) is 18.0 Å². The Morgan fingerprint density at radius 2 is 1.60 bits per heavy atom. The van der Waals surface area contributed by atoms with Crippen LogP contribution in [0.2, 0.25) is 0 Å². The first-order chi connectivity index (χ1) is 11.8. The number of benzene rings is 1. The second-order valence-electron chi connectivity index (χ2n) is 4.58. The number of rotatable bonds is 9. The average Bonchev–Trinajstić information content (AvgIpc) is 2.59. The molecule has 0 unspecified atom stereocenters. The summed E-state index contributed by atoms with van der Waals surface area (Å²) in [4.78, 5) is 23.6. The highest BCUT2D eigenvalue weighted by Crippen LogP contribution is 2.28. The van der Waals surface area contributed by atoms with Crippen molar-refractivity contribution in [2.75, 3.05) is 27.4 Å². The van der Waals surface area contributed by atoms with Gasteiger partial charge in [0.15, 0.2) is 0 Å². The van der Waals surface area contributed by atoms with Crippen molar-refractivity contribution in [3.63, 3.8) is 0 Å². The SMILES string of the molecule is CCOC(=O)C(NS(=O)(=O)c1cc(OC)ccc1OC)C(=O)OCC. The molecule has 0 aromatic heterocycles. The minimum Gasteiger partial charge on any atom is -0.497 e. The van der Waals surface area contributed by atoms with Crippen LogP contribution < -0.4 is 14.2 Å². The number of carbonyl (C=O) groups is 2.